The van der Waals surface area contributed by atoms with E-state index in [1.165, 1.54) is 29.7 Å². The quantitative estimate of drug-likeness (QED) is 0.497. The molecule has 0 aliphatic carbocycles. The molecule has 0 spiro atoms. The average Bonchev–Trinajstić information content (AvgIpc) is 3.11. The molecule has 0 unspecified atom stereocenters. The third kappa shape index (κ3) is 3.88. The summed E-state index contributed by atoms with van der Waals surface area (Å²) in [5.41, 5.74) is 0.378. The molecule has 0 radical (unpaired) electrons. The van der Waals surface area contributed by atoms with E-state index in [0.717, 1.165) is 12.8 Å². The van der Waals surface area contributed by atoms with Crippen LogP contribution in [0.4, 0.5) is 5.69 Å². The Hall–Kier alpha value is -2.37. The molecule has 1 heterocycles. The van der Waals surface area contributed by atoms with E-state index in [9.17, 15) is 13.2 Å². The van der Waals surface area contributed by atoms with Crippen LogP contribution >= 0.6 is 0 Å². The van der Waals surface area contributed by atoms with Gasteiger partial charge in [0.2, 0.25) is 10.0 Å². The number of rotatable bonds is 5. The van der Waals surface area contributed by atoms with Crippen LogP contribution in [0, 0.1) is 11.3 Å². The number of hydrogen-bond acceptors (Lipinski definition) is 6. The van der Waals surface area contributed by atoms with Gasteiger partial charge in [0.15, 0.2) is 5.57 Å². The van der Waals surface area contributed by atoms with Crippen LogP contribution in [0.3, 0.4) is 0 Å². The average molecular weight is 335 g/mol. The molecule has 1 aromatic rings. The van der Waals surface area contributed by atoms with Crippen molar-refractivity contribution in [3.05, 3.63) is 36.0 Å². The molecule has 0 atom stereocenters. The molecule has 0 aromatic heterocycles. The predicted molar refractivity (Wildman–Crippen MR) is 83.8 cm³/mol. The molecule has 7 nitrogen and oxygen atoms in total. The fraction of sp³-hybridized carbons (Fsp3) is 0.333. The Balaban J connectivity index is 2.12. The zero-order chi connectivity index (χ0) is 16.9. The first kappa shape index (κ1) is 17.0. The minimum atomic E-state index is -3.45. The second-order valence-electron chi connectivity index (χ2n) is 4.94. The summed E-state index contributed by atoms with van der Waals surface area (Å²) in [5, 5.41) is 11.6. The van der Waals surface area contributed by atoms with Crippen LogP contribution in [-0.2, 0) is 19.6 Å². The molecule has 1 saturated heterocycles. The molecular formula is C15H17N3O4S. The number of carbonyl (C=O) groups excluding carboxylic acids is 1. The summed E-state index contributed by atoms with van der Waals surface area (Å²) in [6, 6.07) is 7.86. The van der Waals surface area contributed by atoms with Gasteiger partial charge >= 0.3 is 5.97 Å². The third-order valence-electron chi connectivity index (χ3n) is 3.47. The maximum atomic E-state index is 12.4. The maximum absolute atomic E-state index is 12.4. The minimum absolute atomic E-state index is 0.179. The lowest BCUT2D eigenvalue weighted by Crippen LogP contribution is -2.27. The molecule has 0 amide bonds. The standard InChI is InChI=1S/C15H17N3O4S/c1-22-15(19)12(10-16)11-17-13-4-6-14(7-5-13)23(20,21)18-8-2-3-9-18/h4-7,11,17H,2-3,8-9H2,1H3/b12-11+. The third-order valence-corrected chi connectivity index (χ3v) is 5.38. The largest absolute Gasteiger partial charge is 0.465 e. The molecule has 122 valence electrons. The van der Waals surface area contributed by atoms with E-state index in [1.807, 2.05) is 0 Å². The topological polar surface area (TPSA) is 99.5 Å². The second kappa shape index (κ2) is 7.26. The van der Waals surface area contributed by atoms with Crippen molar-refractivity contribution in [3.8, 4) is 6.07 Å². The van der Waals surface area contributed by atoms with Gasteiger partial charge in [0, 0.05) is 25.0 Å². The Morgan fingerprint density at radius 1 is 1.30 bits per heavy atom. The zero-order valence-corrected chi connectivity index (χ0v) is 13.5. The number of sulfonamides is 1. The lowest BCUT2D eigenvalue weighted by Gasteiger charge is -2.15. The van der Waals surface area contributed by atoms with Gasteiger partial charge in [-0.3, -0.25) is 0 Å². The number of hydrogen-bond donors (Lipinski definition) is 1. The molecule has 1 aliphatic rings. The Labute approximate surface area is 135 Å². The van der Waals surface area contributed by atoms with E-state index in [0.29, 0.717) is 18.8 Å². The van der Waals surface area contributed by atoms with Crippen molar-refractivity contribution in [2.75, 3.05) is 25.5 Å². The predicted octanol–water partition coefficient (Wildman–Crippen LogP) is 1.46. The molecule has 0 saturated carbocycles. The number of nitriles is 1. The first-order chi connectivity index (χ1) is 11.0. The van der Waals surface area contributed by atoms with Crippen LogP contribution < -0.4 is 5.32 Å². The number of nitrogens with one attached hydrogen (secondary N) is 1. The molecule has 8 heteroatoms. The van der Waals surface area contributed by atoms with E-state index in [2.05, 4.69) is 10.1 Å². The van der Waals surface area contributed by atoms with Crippen molar-refractivity contribution in [3.63, 3.8) is 0 Å². The summed E-state index contributed by atoms with van der Waals surface area (Å²) in [4.78, 5) is 11.5. The Morgan fingerprint density at radius 2 is 1.91 bits per heavy atom. The summed E-state index contributed by atoms with van der Waals surface area (Å²) in [6.45, 7) is 1.10. The number of anilines is 1. The Kier molecular flexibility index (Phi) is 5.36. The monoisotopic (exact) mass is 335 g/mol. The van der Waals surface area contributed by atoms with Gasteiger partial charge in [0.1, 0.15) is 6.07 Å². The summed E-state index contributed by atoms with van der Waals surface area (Å²) in [5.74, 6) is -0.742. The van der Waals surface area contributed by atoms with Gasteiger partial charge in [-0.2, -0.15) is 9.57 Å². The summed E-state index contributed by atoms with van der Waals surface area (Å²) < 4.78 is 30.7. The van der Waals surface area contributed by atoms with E-state index >= 15 is 0 Å². The molecule has 23 heavy (non-hydrogen) atoms. The highest BCUT2D eigenvalue weighted by atomic mass is 32.2. The highest BCUT2D eigenvalue weighted by Crippen LogP contribution is 2.22. The lowest BCUT2D eigenvalue weighted by atomic mass is 10.3. The summed E-state index contributed by atoms with van der Waals surface area (Å²) in [6.07, 6.45) is 2.98. The van der Waals surface area contributed by atoms with Crippen molar-refractivity contribution < 1.29 is 17.9 Å². The van der Waals surface area contributed by atoms with Crippen LogP contribution in [0.25, 0.3) is 0 Å². The van der Waals surface area contributed by atoms with E-state index in [-0.39, 0.29) is 10.5 Å². The molecular weight excluding hydrogens is 318 g/mol. The van der Waals surface area contributed by atoms with Gasteiger partial charge in [0.05, 0.1) is 12.0 Å². The molecule has 1 N–H and O–H groups in total. The number of esters is 1. The molecule has 0 bridgehead atoms. The highest BCUT2D eigenvalue weighted by Gasteiger charge is 2.26. The first-order valence-corrected chi connectivity index (χ1v) is 8.48. The highest BCUT2D eigenvalue weighted by molar-refractivity contribution is 7.89. The normalized spacial score (nSPS) is 15.9. The van der Waals surface area contributed by atoms with Gasteiger partial charge in [-0.25, -0.2) is 13.2 Å². The van der Waals surface area contributed by atoms with Crippen LogP contribution in [0.15, 0.2) is 40.9 Å². The number of carbonyl (C=O) groups is 1. The Morgan fingerprint density at radius 3 is 2.43 bits per heavy atom. The molecule has 2 rings (SSSR count). The fourth-order valence-electron chi connectivity index (χ4n) is 2.20. The summed E-state index contributed by atoms with van der Waals surface area (Å²) in [7, 11) is -2.26. The SMILES string of the molecule is COC(=O)/C(C#N)=C/Nc1ccc(S(=O)(=O)N2CCCC2)cc1. The maximum Gasteiger partial charge on any atom is 0.350 e. The molecule has 1 aromatic carbocycles. The van der Waals surface area contributed by atoms with Crippen molar-refractivity contribution in [1.82, 2.24) is 4.31 Å². The Bertz CT molecular complexity index is 742. The van der Waals surface area contributed by atoms with Crippen LogP contribution in [0.5, 0.6) is 0 Å². The van der Waals surface area contributed by atoms with Crippen molar-refractivity contribution in [2.24, 2.45) is 0 Å². The lowest BCUT2D eigenvalue weighted by molar-refractivity contribution is -0.135. The molecule has 1 fully saturated rings. The van der Waals surface area contributed by atoms with Crippen LogP contribution in [-0.4, -0.2) is 38.9 Å². The number of methoxy groups -OCH3 is 1. The first-order valence-electron chi connectivity index (χ1n) is 7.04. The van der Waals surface area contributed by atoms with Crippen molar-refractivity contribution in [2.45, 2.75) is 17.7 Å². The minimum Gasteiger partial charge on any atom is -0.465 e. The van der Waals surface area contributed by atoms with E-state index in [4.69, 9.17) is 5.26 Å². The molecule has 1 aliphatic heterocycles. The number of benzene rings is 1. The zero-order valence-electron chi connectivity index (χ0n) is 12.7. The van der Waals surface area contributed by atoms with Gasteiger partial charge in [-0.1, -0.05) is 0 Å². The van der Waals surface area contributed by atoms with Gasteiger partial charge in [0.25, 0.3) is 0 Å². The van der Waals surface area contributed by atoms with Crippen LogP contribution in [0.2, 0.25) is 0 Å². The van der Waals surface area contributed by atoms with Crippen molar-refractivity contribution >= 4 is 21.7 Å². The van der Waals surface area contributed by atoms with Gasteiger partial charge in [-0.15, -0.1) is 0 Å². The second-order valence-corrected chi connectivity index (χ2v) is 6.88. The fourth-order valence-corrected chi connectivity index (χ4v) is 3.72. The van der Waals surface area contributed by atoms with Crippen molar-refractivity contribution in [1.29, 1.82) is 5.26 Å². The summed E-state index contributed by atoms with van der Waals surface area (Å²) >= 11 is 0. The van der Waals surface area contributed by atoms with Gasteiger partial charge in [-0.05, 0) is 37.1 Å². The van der Waals surface area contributed by atoms with E-state index in [1.54, 1.807) is 18.2 Å². The number of ether oxygens (including phenoxy) is 1. The van der Waals surface area contributed by atoms with E-state index < -0.39 is 16.0 Å². The van der Waals surface area contributed by atoms with Gasteiger partial charge < -0.3 is 10.1 Å². The number of nitrogens with zero attached hydrogens (tertiary/aromatic N) is 2. The van der Waals surface area contributed by atoms with Crippen LogP contribution in [0.1, 0.15) is 12.8 Å². The smallest absolute Gasteiger partial charge is 0.350 e.